The molecule has 1 aromatic carbocycles. The topological polar surface area (TPSA) is 35.5 Å². The van der Waals surface area contributed by atoms with Crippen LogP contribution in [0.15, 0.2) is 42.5 Å². The largest absolute Gasteiger partial charge is 0.463 e. The van der Waals surface area contributed by atoms with Gasteiger partial charge in [0.15, 0.2) is 0 Å². The quantitative estimate of drug-likeness (QED) is 0.124. The third-order valence-electron chi connectivity index (χ3n) is 5.24. The maximum atomic E-state index is 11.7. The summed E-state index contributed by atoms with van der Waals surface area (Å²) in [4.78, 5) is 11.7. The lowest BCUT2D eigenvalue weighted by atomic mass is 10.1. The Morgan fingerprint density at radius 2 is 1.37 bits per heavy atom. The highest BCUT2D eigenvalue weighted by Gasteiger charge is 2.02. The lowest BCUT2D eigenvalue weighted by Crippen LogP contribution is -2.10. The van der Waals surface area contributed by atoms with Gasteiger partial charge in [-0.25, -0.2) is 0 Å². The molecular formula is C27H44O3. The van der Waals surface area contributed by atoms with Gasteiger partial charge in [-0.3, -0.25) is 4.79 Å². The van der Waals surface area contributed by atoms with Crippen molar-refractivity contribution in [1.82, 2.24) is 0 Å². The first-order valence-electron chi connectivity index (χ1n) is 12.2. The Hall–Kier alpha value is -1.61. The number of hydrogen-bond acceptors (Lipinski definition) is 3. The summed E-state index contributed by atoms with van der Waals surface area (Å²) in [7, 11) is 0. The number of carbonyl (C=O) groups excluding carboxylic acids is 1. The number of hydrogen-bond donors (Lipinski definition) is 0. The van der Waals surface area contributed by atoms with E-state index in [1.807, 2.05) is 30.3 Å². The Balaban J connectivity index is 1.78. The molecule has 170 valence electrons. The molecule has 0 fully saturated rings. The molecule has 0 amide bonds. The van der Waals surface area contributed by atoms with E-state index in [-0.39, 0.29) is 5.97 Å². The van der Waals surface area contributed by atoms with Crippen molar-refractivity contribution in [1.29, 1.82) is 0 Å². The maximum Gasteiger partial charge on any atom is 0.305 e. The van der Waals surface area contributed by atoms with Crippen LogP contribution in [0, 0.1) is 0 Å². The molecule has 0 saturated carbocycles. The lowest BCUT2D eigenvalue weighted by molar-refractivity contribution is -0.145. The number of ether oxygens (including phenoxy) is 2. The van der Waals surface area contributed by atoms with Crippen LogP contribution in [0.4, 0.5) is 0 Å². The monoisotopic (exact) mass is 416 g/mol. The minimum Gasteiger partial charge on any atom is -0.463 e. The fraction of sp³-hybridized carbons (Fsp3) is 0.667. The standard InChI is InChI=1S/C27H44O3/c1-2-3-4-5-6-7-8-9-10-11-12-13-14-15-19-22-27(28)30-24-23-29-25-26-20-17-16-18-21-26/h9-10,16-18,20-21H,2-8,11-15,19,22-25H2,1H3/b10-9-. The second-order valence-corrected chi connectivity index (χ2v) is 8.09. The molecule has 0 radical (unpaired) electrons. The Bertz CT molecular complexity index is 524. The lowest BCUT2D eigenvalue weighted by Gasteiger charge is -2.06. The normalized spacial score (nSPS) is 11.2. The van der Waals surface area contributed by atoms with Crippen molar-refractivity contribution >= 4 is 5.97 Å². The zero-order chi connectivity index (χ0) is 21.5. The van der Waals surface area contributed by atoms with E-state index in [1.54, 1.807) is 0 Å². The summed E-state index contributed by atoms with van der Waals surface area (Å²) in [5, 5.41) is 0. The van der Waals surface area contributed by atoms with E-state index in [9.17, 15) is 4.79 Å². The zero-order valence-electron chi connectivity index (χ0n) is 19.3. The highest BCUT2D eigenvalue weighted by Crippen LogP contribution is 2.10. The number of esters is 1. The molecular weight excluding hydrogens is 372 g/mol. The molecule has 0 saturated heterocycles. The van der Waals surface area contributed by atoms with Gasteiger partial charge in [-0.2, -0.15) is 0 Å². The number of allylic oxidation sites excluding steroid dienone is 2. The molecule has 1 aromatic rings. The minimum atomic E-state index is -0.101. The summed E-state index contributed by atoms with van der Waals surface area (Å²) in [6.07, 6.45) is 21.7. The molecule has 3 heteroatoms. The average Bonchev–Trinajstić information content (AvgIpc) is 2.77. The fourth-order valence-electron chi connectivity index (χ4n) is 3.39. The number of carbonyl (C=O) groups is 1. The maximum absolute atomic E-state index is 11.7. The molecule has 0 aliphatic rings. The third kappa shape index (κ3) is 17.3. The van der Waals surface area contributed by atoms with Crippen molar-refractivity contribution in [2.75, 3.05) is 13.2 Å². The second kappa shape index (κ2) is 20.7. The van der Waals surface area contributed by atoms with Crippen LogP contribution in [0.25, 0.3) is 0 Å². The number of benzene rings is 1. The van der Waals surface area contributed by atoms with E-state index in [1.165, 1.54) is 70.6 Å². The average molecular weight is 417 g/mol. The van der Waals surface area contributed by atoms with Crippen LogP contribution in [0.3, 0.4) is 0 Å². The van der Waals surface area contributed by atoms with Crippen LogP contribution in [0.2, 0.25) is 0 Å². The van der Waals surface area contributed by atoms with Crippen LogP contribution in [0.5, 0.6) is 0 Å². The summed E-state index contributed by atoms with van der Waals surface area (Å²) in [5.41, 5.74) is 1.14. The summed E-state index contributed by atoms with van der Waals surface area (Å²) in [6.45, 7) is 3.62. The summed E-state index contributed by atoms with van der Waals surface area (Å²) in [6, 6.07) is 10.0. The number of rotatable bonds is 20. The molecule has 3 nitrogen and oxygen atoms in total. The van der Waals surface area contributed by atoms with Crippen molar-refractivity contribution in [2.24, 2.45) is 0 Å². The van der Waals surface area contributed by atoms with E-state index in [0.717, 1.165) is 18.4 Å². The van der Waals surface area contributed by atoms with Crippen LogP contribution in [0.1, 0.15) is 102 Å². The molecule has 0 N–H and O–H groups in total. The van der Waals surface area contributed by atoms with Gasteiger partial charge in [0.25, 0.3) is 0 Å². The van der Waals surface area contributed by atoms with Crippen molar-refractivity contribution in [3.8, 4) is 0 Å². The highest BCUT2D eigenvalue weighted by molar-refractivity contribution is 5.69. The van der Waals surface area contributed by atoms with Crippen LogP contribution < -0.4 is 0 Å². The predicted molar refractivity (Wildman–Crippen MR) is 127 cm³/mol. The molecule has 0 spiro atoms. The van der Waals surface area contributed by atoms with E-state index in [0.29, 0.717) is 26.2 Å². The first-order valence-corrected chi connectivity index (χ1v) is 12.2. The Labute approximate surface area is 185 Å². The smallest absolute Gasteiger partial charge is 0.305 e. The Kier molecular flexibility index (Phi) is 18.2. The van der Waals surface area contributed by atoms with E-state index < -0.39 is 0 Å². The number of unbranched alkanes of at least 4 members (excludes halogenated alkanes) is 11. The van der Waals surface area contributed by atoms with Gasteiger partial charge in [0, 0.05) is 6.42 Å². The van der Waals surface area contributed by atoms with Crippen molar-refractivity contribution in [3.05, 3.63) is 48.0 Å². The minimum absolute atomic E-state index is 0.101. The second-order valence-electron chi connectivity index (χ2n) is 8.09. The highest BCUT2D eigenvalue weighted by atomic mass is 16.6. The SMILES string of the molecule is CCCCCCCC/C=C\CCCCCCCC(=O)OCCOCc1ccccc1. The van der Waals surface area contributed by atoms with Gasteiger partial charge < -0.3 is 9.47 Å². The van der Waals surface area contributed by atoms with Gasteiger partial charge in [-0.15, -0.1) is 0 Å². The van der Waals surface area contributed by atoms with Gasteiger partial charge in [0.2, 0.25) is 0 Å². The molecule has 0 aliphatic heterocycles. The van der Waals surface area contributed by atoms with E-state index >= 15 is 0 Å². The van der Waals surface area contributed by atoms with Gasteiger partial charge in [0.1, 0.15) is 6.61 Å². The predicted octanol–water partition coefficient (Wildman–Crippen LogP) is 7.78. The zero-order valence-corrected chi connectivity index (χ0v) is 19.3. The van der Waals surface area contributed by atoms with Crippen molar-refractivity contribution < 1.29 is 14.3 Å². The van der Waals surface area contributed by atoms with Crippen molar-refractivity contribution in [3.63, 3.8) is 0 Å². The summed E-state index contributed by atoms with van der Waals surface area (Å²) in [5.74, 6) is -0.101. The molecule has 0 bridgehead atoms. The first-order chi connectivity index (χ1) is 14.8. The molecule has 0 aromatic heterocycles. The van der Waals surface area contributed by atoms with Gasteiger partial charge >= 0.3 is 5.97 Å². The van der Waals surface area contributed by atoms with Crippen molar-refractivity contribution in [2.45, 2.75) is 103 Å². The van der Waals surface area contributed by atoms with E-state index in [2.05, 4.69) is 19.1 Å². The molecule has 30 heavy (non-hydrogen) atoms. The van der Waals surface area contributed by atoms with E-state index in [4.69, 9.17) is 9.47 Å². The van der Waals surface area contributed by atoms with Crippen LogP contribution in [-0.4, -0.2) is 19.2 Å². The Morgan fingerprint density at radius 1 is 0.767 bits per heavy atom. The molecule has 0 aliphatic carbocycles. The van der Waals surface area contributed by atoms with Gasteiger partial charge in [-0.05, 0) is 37.7 Å². The fourth-order valence-corrected chi connectivity index (χ4v) is 3.39. The first kappa shape index (κ1) is 26.4. The van der Waals surface area contributed by atoms with Crippen LogP contribution in [-0.2, 0) is 20.9 Å². The van der Waals surface area contributed by atoms with Gasteiger partial charge in [0.05, 0.1) is 13.2 Å². The molecule has 0 unspecified atom stereocenters. The summed E-state index contributed by atoms with van der Waals surface area (Å²) >= 11 is 0. The third-order valence-corrected chi connectivity index (χ3v) is 5.24. The van der Waals surface area contributed by atoms with Crippen LogP contribution >= 0.6 is 0 Å². The molecule has 0 heterocycles. The Morgan fingerprint density at radius 3 is 2.03 bits per heavy atom. The molecule has 0 atom stereocenters. The summed E-state index contributed by atoms with van der Waals surface area (Å²) < 4.78 is 10.7. The molecule has 1 rings (SSSR count). The van der Waals surface area contributed by atoms with Gasteiger partial charge in [-0.1, -0.05) is 101 Å².